The number of thiol groups is 1. The molecule has 0 aliphatic rings. The van der Waals surface area contributed by atoms with Crippen molar-refractivity contribution in [3.63, 3.8) is 0 Å². The fourth-order valence-electron chi connectivity index (χ4n) is 2.50. The minimum Gasteiger partial charge on any atom is -1.00 e. The molecule has 0 aliphatic heterocycles. The summed E-state index contributed by atoms with van der Waals surface area (Å²) in [6, 6.07) is 4.38. The molecule has 3 heteroatoms. The van der Waals surface area contributed by atoms with Crippen LogP contribution in [0.2, 0.25) is 0 Å². The minimum absolute atomic E-state index is 0. The molecular formula is C18H32BrNS. The molecule has 122 valence electrons. The average Bonchev–Trinajstić information content (AvgIpc) is 2.47. The maximum atomic E-state index is 4.24. The van der Waals surface area contributed by atoms with Gasteiger partial charge in [-0.1, -0.05) is 44.9 Å². The van der Waals surface area contributed by atoms with Crippen LogP contribution in [-0.4, -0.2) is 5.75 Å². The molecule has 21 heavy (non-hydrogen) atoms. The van der Waals surface area contributed by atoms with Gasteiger partial charge in [-0.2, -0.15) is 12.6 Å². The number of halogens is 1. The SMILES string of the molecule is Cc1cc[n+](CCCCCCCCCCCCS)cc1.[Br-]. The van der Waals surface area contributed by atoms with Crippen molar-refractivity contribution >= 4 is 12.6 Å². The summed E-state index contributed by atoms with van der Waals surface area (Å²) < 4.78 is 2.30. The topological polar surface area (TPSA) is 3.88 Å². The maximum Gasteiger partial charge on any atom is 0.169 e. The van der Waals surface area contributed by atoms with Gasteiger partial charge in [0.2, 0.25) is 0 Å². The summed E-state index contributed by atoms with van der Waals surface area (Å²) in [4.78, 5) is 0. The van der Waals surface area contributed by atoms with Crippen molar-refractivity contribution in [1.29, 1.82) is 0 Å². The van der Waals surface area contributed by atoms with Gasteiger partial charge < -0.3 is 17.0 Å². The standard InChI is InChI=1S/C18H31NS.BrH/c1-18-12-15-19(16-13-18)14-10-8-6-4-2-3-5-7-9-11-17-20;/h12-13,15-16H,2-11,14,17H2,1H3;1H. The number of aryl methyl sites for hydroxylation is 2. The molecule has 0 amide bonds. The molecule has 0 saturated carbocycles. The van der Waals surface area contributed by atoms with E-state index in [1.165, 1.54) is 76.3 Å². The van der Waals surface area contributed by atoms with Crippen LogP contribution in [-0.2, 0) is 6.54 Å². The normalized spacial score (nSPS) is 10.4. The molecule has 0 saturated heterocycles. The quantitative estimate of drug-likeness (QED) is 0.325. The van der Waals surface area contributed by atoms with Gasteiger partial charge >= 0.3 is 0 Å². The second-order valence-electron chi connectivity index (χ2n) is 5.87. The smallest absolute Gasteiger partial charge is 0.169 e. The van der Waals surface area contributed by atoms with Gasteiger partial charge in [0.15, 0.2) is 12.4 Å². The highest BCUT2D eigenvalue weighted by Gasteiger charge is 1.99. The minimum atomic E-state index is 0. The van der Waals surface area contributed by atoms with Crippen LogP contribution in [0, 0.1) is 6.92 Å². The Hall–Kier alpha value is -0.0200. The summed E-state index contributed by atoms with van der Waals surface area (Å²) in [6.45, 7) is 3.31. The molecule has 1 aromatic heterocycles. The van der Waals surface area contributed by atoms with Crippen LogP contribution in [0.15, 0.2) is 24.5 Å². The van der Waals surface area contributed by atoms with Crippen molar-refractivity contribution in [2.75, 3.05) is 5.75 Å². The third kappa shape index (κ3) is 12.2. The van der Waals surface area contributed by atoms with Gasteiger partial charge in [0.1, 0.15) is 6.54 Å². The lowest BCUT2D eigenvalue weighted by Crippen LogP contribution is -3.00. The molecule has 1 rings (SSSR count). The Morgan fingerprint density at radius 3 is 1.67 bits per heavy atom. The Labute approximate surface area is 147 Å². The third-order valence-electron chi connectivity index (χ3n) is 3.88. The van der Waals surface area contributed by atoms with Crippen molar-refractivity contribution in [2.45, 2.75) is 77.7 Å². The molecule has 0 aliphatic carbocycles. The van der Waals surface area contributed by atoms with Crippen molar-refractivity contribution < 1.29 is 21.5 Å². The Morgan fingerprint density at radius 2 is 1.19 bits per heavy atom. The predicted molar refractivity (Wildman–Crippen MR) is 91.4 cm³/mol. The van der Waals surface area contributed by atoms with E-state index in [2.05, 4.69) is 48.6 Å². The Kier molecular flexibility index (Phi) is 14.9. The summed E-state index contributed by atoms with van der Waals surface area (Å²) in [5.41, 5.74) is 1.34. The van der Waals surface area contributed by atoms with E-state index in [0.29, 0.717) is 0 Å². The summed E-state index contributed by atoms with van der Waals surface area (Å²) in [6.07, 6.45) is 18.3. The van der Waals surface area contributed by atoms with E-state index in [1.54, 1.807) is 0 Å². The van der Waals surface area contributed by atoms with Gasteiger partial charge in [-0.25, -0.2) is 4.57 Å². The Morgan fingerprint density at radius 1 is 0.762 bits per heavy atom. The maximum absolute atomic E-state index is 4.24. The van der Waals surface area contributed by atoms with Crippen molar-refractivity contribution in [2.24, 2.45) is 0 Å². The van der Waals surface area contributed by atoms with Crippen LogP contribution < -0.4 is 21.5 Å². The van der Waals surface area contributed by atoms with Gasteiger partial charge in [0, 0.05) is 18.6 Å². The highest BCUT2D eigenvalue weighted by atomic mass is 79.9. The van der Waals surface area contributed by atoms with Crippen LogP contribution in [0.25, 0.3) is 0 Å². The number of unbranched alkanes of at least 4 members (excludes halogenated alkanes) is 9. The van der Waals surface area contributed by atoms with Crippen LogP contribution in [0.5, 0.6) is 0 Å². The summed E-state index contributed by atoms with van der Waals surface area (Å²) in [7, 11) is 0. The molecule has 1 aromatic rings. The zero-order chi connectivity index (χ0) is 14.5. The van der Waals surface area contributed by atoms with Crippen molar-refractivity contribution in [3.8, 4) is 0 Å². The first kappa shape index (κ1) is 21.0. The zero-order valence-corrected chi connectivity index (χ0v) is 16.0. The second kappa shape index (κ2) is 14.9. The van der Waals surface area contributed by atoms with Crippen LogP contribution in [0.1, 0.15) is 69.8 Å². The predicted octanol–water partition coefficient (Wildman–Crippen LogP) is 2.12. The van der Waals surface area contributed by atoms with Gasteiger partial charge in [-0.05, 0) is 31.1 Å². The first-order valence-corrected chi connectivity index (χ1v) is 9.03. The van der Waals surface area contributed by atoms with Crippen molar-refractivity contribution in [1.82, 2.24) is 0 Å². The lowest BCUT2D eigenvalue weighted by Gasteiger charge is -2.02. The van der Waals surface area contributed by atoms with Gasteiger partial charge in [-0.3, -0.25) is 0 Å². The highest BCUT2D eigenvalue weighted by Crippen LogP contribution is 2.10. The molecule has 0 aromatic carbocycles. The van der Waals surface area contributed by atoms with E-state index >= 15 is 0 Å². The van der Waals surface area contributed by atoms with E-state index in [9.17, 15) is 0 Å². The third-order valence-corrected chi connectivity index (χ3v) is 4.20. The molecular weight excluding hydrogens is 342 g/mol. The second-order valence-corrected chi connectivity index (χ2v) is 6.32. The van der Waals surface area contributed by atoms with Gasteiger partial charge in [0.25, 0.3) is 0 Å². The molecule has 0 unspecified atom stereocenters. The van der Waals surface area contributed by atoms with E-state index < -0.39 is 0 Å². The van der Waals surface area contributed by atoms with Crippen molar-refractivity contribution in [3.05, 3.63) is 30.1 Å². The van der Waals surface area contributed by atoms with Crippen LogP contribution in [0.3, 0.4) is 0 Å². The first-order valence-electron chi connectivity index (χ1n) is 8.39. The number of hydrogen-bond donors (Lipinski definition) is 1. The average molecular weight is 374 g/mol. The number of nitrogens with zero attached hydrogens (tertiary/aromatic N) is 1. The lowest BCUT2D eigenvalue weighted by molar-refractivity contribution is -0.697. The molecule has 0 bridgehead atoms. The number of pyridine rings is 1. The summed E-state index contributed by atoms with van der Waals surface area (Å²) in [5, 5.41) is 0. The van der Waals surface area contributed by atoms with Crippen LogP contribution in [0.4, 0.5) is 0 Å². The van der Waals surface area contributed by atoms with E-state index in [1.807, 2.05) is 0 Å². The molecule has 1 nitrogen and oxygen atoms in total. The first-order chi connectivity index (χ1) is 9.83. The molecule has 0 N–H and O–H groups in total. The van der Waals surface area contributed by atoms with E-state index in [-0.39, 0.29) is 17.0 Å². The van der Waals surface area contributed by atoms with Gasteiger partial charge in [-0.15, -0.1) is 0 Å². The largest absolute Gasteiger partial charge is 1.00 e. The number of hydrogen-bond acceptors (Lipinski definition) is 1. The molecule has 0 atom stereocenters. The lowest BCUT2D eigenvalue weighted by atomic mass is 10.1. The van der Waals surface area contributed by atoms with Gasteiger partial charge in [0.05, 0.1) is 0 Å². The molecule has 1 heterocycles. The fraction of sp³-hybridized carbons (Fsp3) is 0.722. The molecule has 0 fully saturated rings. The van der Waals surface area contributed by atoms with E-state index in [4.69, 9.17) is 0 Å². The Balaban J connectivity index is 0.00000400. The van der Waals surface area contributed by atoms with E-state index in [0.717, 1.165) is 5.75 Å². The summed E-state index contributed by atoms with van der Waals surface area (Å²) in [5.74, 6) is 1.05. The number of rotatable bonds is 12. The Bertz CT molecular complexity index is 326. The summed E-state index contributed by atoms with van der Waals surface area (Å²) >= 11 is 4.24. The zero-order valence-electron chi connectivity index (χ0n) is 13.6. The monoisotopic (exact) mass is 373 g/mol. The highest BCUT2D eigenvalue weighted by molar-refractivity contribution is 7.80. The van der Waals surface area contributed by atoms with Crippen LogP contribution >= 0.6 is 12.6 Å². The molecule has 0 spiro atoms. The fourth-order valence-corrected chi connectivity index (χ4v) is 2.72. The molecule has 0 radical (unpaired) electrons. The number of aromatic nitrogens is 1.